The Morgan fingerprint density at radius 1 is 0.404 bits per heavy atom. The van der Waals surface area contributed by atoms with E-state index < -0.39 is 106 Å². The Labute approximate surface area is 507 Å². The van der Waals surface area contributed by atoms with Gasteiger partial charge < -0.3 is 60.5 Å². The van der Waals surface area contributed by atoms with Gasteiger partial charge >= 0.3 is 22.7 Å². The zero-order valence-electron chi connectivity index (χ0n) is 49.0. The maximum atomic E-state index is 12.1. The second kappa shape index (κ2) is 37.7. The molecule has 89 heavy (non-hydrogen) atoms. The molecule has 0 radical (unpaired) electrons. The van der Waals surface area contributed by atoms with E-state index in [1.807, 2.05) is 19.9 Å². The largest absolute Gasteiger partial charge is 0.504 e. The van der Waals surface area contributed by atoms with Crippen LogP contribution in [0.15, 0.2) is 65.3 Å². The van der Waals surface area contributed by atoms with E-state index in [2.05, 4.69) is 0 Å². The van der Waals surface area contributed by atoms with Crippen LogP contribution in [0.3, 0.4) is 0 Å². The summed E-state index contributed by atoms with van der Waals surface area (Å²) in [5.74, 6) is -7.83. The number of nitriles is 4. The van der Waals surface area contributed by atoms with Crippen molar-refractivity contribution in [2.75, 3.05) is 52.4 Å². The number of rotatable bonds is 20. The number of phenolic OH excluding ortho intramolecular Hbond substituents is 8. The summed E-state index contributed by atoms with van der Waals surface area (Å²) in [5, 5.41) is 153. The van der Waals surface area contributed by atoms with Crippen molar-refractivity contribution in [3.63, 3.8) is 0 Å². The van der Waals surface area contributed by atoms with Crippen molar-refractivity contribution in [2.45, 2.75) is 61.8 Å². The minimum absolute atomic E-state index is 0.00167. The molecule has 0 heterocycles. The first-order chi connectivity index (χ1) is 41.9. The highest BCUT2D eigenvalue weighted by Gasteiger charge is 2.24. The number of nitrogens with zero attached hydrogens (tertiary/aromatic N) is 12. The van der Waals surface area contributed by atoms with Gasteiger partial charge in [-0.15, -0.1) is 0 Å². The molecule has 4 amide bonds. The van der Waals surface area contributed by atoms with Crippen LogP contribution in [-0.4, -0.2) is 162 Å². The van der Waals surface area contributed by atoms with Crippen molar-refractivity contribution < 1.29 is 84.5 Å². The number of aldehydes is 1. The number of carbonyl (C=O) groups excluding carboxylic acids is 5. The summed E-state index contributed by atoms with van der Waals surface area (Å²) in [6.45, 7) is 18.2. The third-order valence-corrected chi connectivity index (χ3v) is 11.8. The molecule has 0 saturated heterocycles. The average molecular weight is 1240 g/mol. The number of hydrogen-bond donors (Lipinski definition) is 8. The summed E-state index contributed by atoms with van der Waals surface area (Å²) in [5.41, 5.74) is -3.34. The molecule has 0 fully saturated rings. The maximum Gasteiger partial charge on any atom is 0.315 e. The van der Waals surface area contributed by atoms with Gasteiger partial charge in [0.1, 0.15) is 47.6 Å². The highest BCUT2D eigenvalue weighted by Crippen LogP contribution is 2.39. The molecule has 33 heteroatoms. The fourth-order valence-electron chi connectivity index (χ4n) is 7.10. The molecule has 0 aliphatic rings. The Morgan fingerprint density at radius 3 is 0.798 bits per heavy atom. The summed E-state index contributed by atoms with van der Waals surface area (Å²) in [4.78, 5) is 102. The van der Waals surface area contributed by atoms with Gasteiger partial charge in [0.2, 0.25) is 28.9 Å². The first-order valence-electron chi connectivity index (χ1n) is 26.0. The molecule has 0 unspecified atom stereocenters. The van der Waals surface area contributed by atoms with E-state index in [0.717, 1.165) is 66.8 Å². The van der Waals surface area contributed by atoms with Gasteiger partial charge in [0.05, 0.1) is 25.8 Å². The molecule has 0 bridgehead atoms. The Kier molecular flexibility index (Phi) is 32.5. The topological polar surface area (TPSA) is 528 Å². The summed E-state index contributed by atoms with van der Waals surface area (Å²) in [7, 11) is 0. The molecule has 0 aliphatic heterocycles. The average Bonchev–Trinajstić information content (AvgIpc) is 1.40. The predicted molar refractivity (Wildman–Crippen MR) is 314 cm³/mol. The number of carbonyl (C=O) groups is 5. The van der Waals surface area contributed by atoms with E-state index in [4.69, 9.17) is 31.3 Å². The number of amides is 4. The molecule has 0 aliphatic carbocycles. The fourth-order valence-corrected chi connectivity index (χ4v) is 7.10. The molecular weight excluding hydrogens is 1180 g/mol. The number of likely N-dealkylation sites (N-methyl/N-ethyl adjacent to an activating group) is 3. The molecular formula is C56H62N12O21. The highest BCUT2D eigenvalue weighted by molar-refractivity contribution is 6.03. The standard InChI is InChI=1S/3C14H15N3O5.C7H12N2O.C7H5NO5/c3*1-3-16(4-2)14(20)10(8-15)5-9-6-11(17(21)22)13(19)12(18)7-9;1-3-9(4-2)7(10)5-6-8;9-3-4-1-5(8(12)13)7(11)6(10)2-4/h3*5-7,18-19H,3-4H2,1-2H3;3-5H2,1-2H3;1-3,10-11H/b10-5+;;;;. The minimum atomic E-state index is -0.887. The summed E-state index contributed by atoms with van der Waals surface area (Å²) < 4.78 is 0. The van der Waals surface area contributed by atoms with Crippen molar-refractivity contribution in [3.8, 4) is 70.3 Å². The lowest BCUT2D eigenvalue weighted by molar-refractivity contribution is -0.386. The van der Waals surface area contributed by atoms with Crippen molar-refractivity contribution in [2.24, 2.45) is 0 Å². The van der Waals surface area contributed by atoms with Crippen LogP contribution in [0, 0.1) is 85.8 Å². The summed E-state index contributed by atoms with van der Waals surface area (Å²) >= 11 is 0. The Hall–Kier alpha value is -12.4. The first-order valence-corrected chi connectivity index (χ1v) is 26.0. The van der Waals surface area contributed by atoms with Crippen LogP contribution in [0.25, 0.3) is 18.2 Å². The zero-order valence-corrected chi connectivity index (χ0v) is 49.0. The van der Waals surface area contributed by atoms with Crippen LogP contribution in [0.1, 0.15) is 88.9 Å². The molecule has 0 aromatic heterocycles. The second-order valence-corrected chi connectivity index (χ2v) is 17.1. The van der Waals surface area contributed by atoms with Crippen LogP contribution < -0.4 is 0 Å². The van der Waals surface area contributed by atoms with Gasteiger partial charge in [-0.1, -0.05) is 0 Å². The number of nitro groups is 4. The number of phenols is 8. The van der Waals surface area contributed by atoms with Gasteiger partial charge in [0.15, 0.2) is 23.0 Å². The van der Waals surface area contributed by atoms with Crippen LogP contribution in [0.5, 0.6) is 46.0 Å². The summed E-state index contributed by atoms with van der Waals surface area (Å²) in [6, 6.07) is 14.9. The molecule has 0 saturated carbocycles. The number of hydrogen-bond acceptors (Lipinski definition) is 25. The fraction of sp³-hybridized carbons (Fsp3) is 0.304. The van der Waals surface area contributed by atoms with Gasteiger partial charge in [0.25, 0.3) is 17.7 Å². The van der Waals surface area contributed by atoms with Crippen molar-refractivity contribution in [3.05, 3.63) is 128 Å². The third kappa shape index (κ3) is 22.6. The molecule has 33 nitrogen and oxygen atoms in total. The van der Waals surface area contributed by atoms with E-state index in [1.54, 1.807) is 64.6 Å². The van der Waals surface area contributed by atoms with Crippen LogP contribution in [0.2, 0.25) is 0 Å². The smallest absolute Gasteiger partial charge is 0.315 e. The lowest BCUT2D eigenvalue weighted by Gasteiger charge is -2.17. The van der Waals surface area contributed by atoms with Crippen LogP contribution >= 0.6 is 0 Å². The van der Waals surface area contributed by atoms with E-state index in [-0.39, 0.29) is 51.3 Å². The van der Waals surface area contributed by atoms with Crippen molar-refractivity contribution in [1.82, 2.24) is 19.6 Å². The molecule has 472 valence electrons. The van der Waals surface area contributed by atoms with E-state index >= 15 is 0 Å². The van der Waals surface area contributed by atoms with Gasteiger partial charge in [-0.3, -0.25) is 64.4 Å². The van der Waals surface area contributed by atoms with Gasteiger partial charge in [-0.25, -0.2) is 0 Å². The number of aromatic hydroxyl groups is 8. The maximum absolute atomic E-state index is 12.1. The monoisotopic (exact) mass is 1240 g/mol. The normalized spacial score (nSPS) is 10.4. The van der Waals surface area contributed by atoms with Gasteiger partial charge in [0, 0.05) is 82.2 Å². The SMILES string of the molecule is CCN(CC)C(=O)/C(C#N)=C/c1cc(O)c(O)c([N+](=O)[O-])c1.CCN(CC)C(=O)C(C#N)=Cc1cc(O)c(O)c([N+](=O)[O-])c1.CCN(CC)C(=O)C(C#N)=Cc1cc(O)c(O)c([N+](=O)[O-])c1.CCN(CC)C(=O)CC#N.O=Cc1cc(O)c(O)c([N+](=O)[O-])c1. The Morgan fingerprint density at radius 2 is 0.618 bits per heavy atom. The number of nitro benzene ring substituents is 4. The molecule has 4 aromatic carbocycles. The van der Waals surface area contributed by atoms with Crippen LogP contribution in [-0.2, 0) is 19.2 Å². The minimum Gasteiger partial charge on any atom is -0.504 e. The summed E-state index contributed by atoms with van der Waals surface area (Å²) in [6.07, 6.45) is 3.74. The molecule has 4 rings (SSSR count). The highest BCUT2D eigenvalue weighted by atomic mass is 16.6. The molecule has 0 atom stereocenters. The van der Waals surface area contributed by atoms with Gasteiger partial charge in [-0.05, 0) is 115 Å². The predicted octanol–water partition coefficient (Wildman–Crippen LogP) is 6.93. The Bertz CT molecular complexity index is 3280. The molecule has 0 spiro atoms. The Balaban J connectivity index is 0.00000112. The van der Waals surface area contributed by atoms with E-state index in [9.17, 15) is 95.1 Å². The third-order valence-electron chi connectivity index (χ3n) is 11.8. The lowest BCUT2D eigenvalue weighted by Crippen LogP contribution is -2.31. The quantitative estimate of drug-likeness (QED) is 0.0111. The second-order valence-electron chi connectivity index (χ2n) is 17.1. The lowest BCUT2D eigenvalue weighted by atomic mass is 10.1. The van der Waals surface area contributed by atoms with Crippen LogP contribution in [0.4, 0.5) is 22.7 Å². The zero-order chi connectivity index (χ0) is 68.6. The first kappa shape index (κ1) is 76.6. The number of benzene rings is 4. The molecule has 8 N–H and O–H groups in total. The van der Waals surface area contributed by atoms with E-state index in [0.29, 0.717) is 58.6 Å². The molecule has 4 aromatic rings. The van der Waals surface area contributed by atoms with E-state index in [1.165, 1.54) is 14.7 Å². The van der Waals surface area contributed by atoms with Crippen molar-refractivity contribution >= 4 is 70.9 Å². The van der Waals surface area contributed by atoms with Gasteiger partial charge in [-0.2, -0.15) is 21.0 Å². The van der Waals surface area contributed by atoms with Crippen molar-refractivity contribution in [1.29, 1.82) is 21.0 Å².